The van der Waals surface area contributed by atoms with Gasteiger partial charge in [-0.05, 0) is 44.5 Å². The lowest BCUT2D eigenvalue weighted by atomic mass is 10.1. The molecule has 1 amide bonds. The number of pyridine rings is 1. The maximum absolute atomic E-state index is 13.3. The van der Waals surface area contributed by atoms with E-state index in [4.69, 9.17) is 9.84 Å². The zero-order valence-electron chi connectivity index (χ0n) is 14.0. The summed E-state index contributed by atoms with van der Waals surface area (Å²) in [5.41, 5.74) is 0.950. The van der Waals surface area contributed by atoms with Gasteiger partial charge in [-0.1, -0.05) is 6.07 Å². The standard InChI is InChI=1S/C18H21FN2O3/c1-18(2,3)24-16-7-5-13(10-20-16)17(23)21-9-12-4-6-15(19)14(8-12)11-22/h4-8,10,22H,9,11H2,1-3H3,(H,21,23). The number of aliphatic hydroxyl groups excluding tert-OH is 1. The van der Waals surface area contributed by atoms with E-state index >= 15 is 0 Å². The van der Waals surface area contributed by atoms with E-state index in [2.05, 4.69) is 10.3 Å². The van der Waals surface area contributed by atoms with Crippen LogP contribution in [-0.4, -0.2) is 21.6 Å². The molecule has 0 spiro atoms. The van der Waals surface area contributed by atoms with Gasteiger partial charge >= 0.3 is 0 Å². The lowest BCUT2D eigenvalue weighted by Crippen LogP contribution is -2.24. The molecule has 2 N–H and O–H groups in total. The number of halogens is 1. The number of nitrogens with zero attached hydrogens (tertiary/aromatic N) is 1. The SMILES string of the molecule is CC(C)(C)Oc1ccc(C(=O)NCc2ccc(F)c(CO)c2)cn1. The van der Waals surface area contributed by atoms with Gasteiger partial charge in [0.1, 0.15) is 11.4 Å². The molecule has 5 nitrogen and oxygen atoms in total. The highest BCUT2D eigenvalue weighted by Gasteiger charge is 2.13. The van der Waals surface area contributed by atoms with Crippen LogP contribution in [0.15, 0.2) is 36.5 Å². The zero-order valence-corrected chi connectivity index (χ0v) is 14.0. The number of carbonyl (C=O) groups is 1. The third kappa shape index (κ3) is 5.03. The molecule has 0 aliphatic heterocycles. The van der Waals surface area contributed by atoms with Crippen LogP contribution in [0.2, 0.25) is 0 Å². The molecule has 0 unspecified atom stereocenters. The maximum atomic E-state index is 13.3. The molecule has 0 saturated heterocycles. The minimum Gasteiger partial charge on any atom is -0.472 e. The van der Waals surface area contributed by atoms with E-state index < -0.39 is 5.82 Å². The molecule has 1 heterocycles. The van der Waals surface area contributed by atoms with Gasteiger partial charge in [0.25, 0.3) is 5.91 Å². The Hall–Kier alpha value is -2.47. The van der Waals surface area contributed by atoms with E-state index in [9.17, 15) is 9.18 Å². The molecule has 6 heteroatoms. The number of aromatic nitrogens is 1. The molecule has 0 bridgehead atoms. The van der Waals surface area contributed by atoms with Crippen molar-refractivity contribution < 1.29 is 19.0 Å². The average molecular weight is 332 g/mol. The highest BCUT2D eigenvalue weighted by Crippen LogP contribution is 2.15. The first-order valence-electron chi connectivity index (χ1n) is 7.60. The summed E-state index contributed by atoms with van der Waals surface area (Å²) < 4.78 is 18.9. The topological polar surface area (TPSA) is 71.5 Å². The normalized spacial score (nSPS) is 11.2. The summed E-state index contributed by atoms with van der Waals surface area (Å²) >= 11 is 0. The maximum Gasteiger partial charge on any atom is 0.253 e. The lowest BCUT2D eigenvalue weighted by molar-refractivity contribution is 0.0950. The van der Waals surface area contributed by atoms with E-state index in [1.165, 1.54) is 18.3 Å². The van der Waals surface area contributed by atoms with Crippen LogP contribution < -0.4 is 10.1 Å². The van der Waals surface area contributed by atoms with Gasteiger partial charge in [-0.25, -0.2) is 9.37 Å². The molecule has 0 atom stereocenters. The number of rotatable bonds is 5. The van der Waals surface area contributed by atoms with Crippen molar-refractivity contribution in [1.29, 1.82) is 0 Å². The monoisotopic (exact) mass is 332 g/mol. The van der Waals surface area contributed by atoms with Crippen LogP contribution >= 0.6 is 0 Å². The van der Waals surface area contributed by atoms with Gasteiger partial charge < -0.3 is 15.2 Å². The molecule has 24 heavy (non-hydrogen) atoms. The summed E-state index contributed by atoms with van der Waals surface area (Å²) in [5.74, 6) is -0.309. The number of hydrogen-bond donors (Lipinski definition) is 2. The van der Waals surface area contributed by atoms with E-state index in [0.717, 1.165) is 0 Å². The van der Waals surface area contributed by atoms with Crippen LogP contribution in [0.25, 0.3) is 0 Å². The van der Waals surface area contributed by atoms with Gasteiger partial charge in [0.05, 0.1) is 12.2 Å². The Morgan fingerprint density at radius 1 is 1.29 bits per heavy atom. The van der Waals surface area contributed by atoms with Crippen LogP contribution in [0, 0.1) is 5.82 Å². The Morgan fingerprint density at radius 2 is 2.04 bits per heavy atom. The van der Waals surface area contributed by atoms with Crippen LogP contribution in [0.5, 0.6) is 5.88 Å². The van der Waals surface area contributed by atoms with Gasteiger partial charge in [0.15, 0.2) is 0 Å². The van der Waals surface area contributed by atoms with Crippen LogP contribution in [-0.2, 0) is 13.2 Å². The molecule has 0 fully saturated rings. The Kier molecular flexibility index (Phi) is 5.51. The fourth-order valence-corrected chi connectivity index (χ4v) is 2.03. The smallest absolute Gasteiger partial charge is 0.253 e. The number of benzene rings is 1. The fourth-order valence-electron chi connectivity index (χ4n) is 2.03. The average Bonchev–Trinajstić information content (AvgIpc) is 2.53. The Morgan fingerprint density at radius 3 is 2.62 bits per heavy atom. The lowest BCUT2D eigenvalue weighted by Gasteiger charge is -2.20. The number of amides is 1. The molecule has 2 rings (SSSR count). The number of carbonyl (C=O) groups excluding carboxylic acids is 1. The van der Waals surface area contributed by atoms with Crippen molar-refractivity contribution in [3.8, 4) is 5.88 Å². The molecule has 128 valence electrons. The second-order valence-electron chi connectivity index (χ2n) is 6.37. The van der Waals surface area contributed by atoms with Crippen LogP contribution in [0.3, 0.4) is 0 Å². The molecular weight excluding hydrogens is 311 g/mol. The van der Waals surface area contributed by atoms with Crippen molar-refractivity contribution in [3.63, 3.8) is 0 Å². The summed E-state index contributed by atoms with van der Waals surface area (Å²) in [6, 6.07) is 7.63. The summed E-state index contributed by atoms with van der Waals surface area (Å²) in [6.45, 7) is 5.59. The van der Waals surface area contributed by atoms with Gasteiger partial charge in [-0.2, -0.15) is 0 Å². The van der Waals surface area contributed by atoms with E-state index in [1.807, 2.05) is 20.8 Å². The molecule has 1 aromatic heterocycles. The predicted molar refractivity (Wildman–Crippen MR) is 88.1 cm³/mol. The van der Waals surface area contributed by atoms with Crippen molar-refractivity contribution in [3.05, 3.63) is 59.0 Å². The van der Waals surface area contributed by atoms with Crippen molar-refractivity contribution in [2.45, 2.75) is 39.5 Å². The fraction of sp³-hybridized carbons (Fsp3) is 0.333. The van der Waals surface area contributed by atoms with Gasteiger partial charge in [-0.15, -0.1) is 0 Å². The minimum atomic E-state index is -0.466. The van der Waals surface area contributed by atoms with E-state index in [1.54, 1.807) is 18.2 Å². The number of nitrogens with one attached hydrogen (secondary N) is 1. The highest BCUT2D eigenvalue weighted by atomic mass is 19.1. The Labute approximate surface area is 140 Å². The van der Waals surface area contributed by atoms with Crippen molar-refractivity contribution in [2.75, 3.05) is 0 Å². The van der Waals surface area contributed by atoms with Crippen molar-refractivity contribution in [1.82, 2.24) is 10.3 Å². The molecule has 0 aliphatic carbocycles. The number of ether oxygens (including phenoxy) is 1. The summed E-state index contributed by atoms with van der Waals surface area (Å²) in [6.07, 6.45) is 1.44. The van der Waals surface area contributed by atoms with Gasteiger partial charge in [0.2, 0.25) is 5.88 Å². The summed E-state index contributed by atoms with van der Waals surface area (Å²) in [7, 11) is 0. The molecule has 0 aliphatic rings. The third-order valence-electron chi connectivity index (χ3n) is 3.14. The zero-order chi connectivity index (χ0) is 17.7. The summed E-state index contributed by atoms with van der Waals surface area (Å²) in [4.78, 5) is 16.2. The first-order valence-corrected chi connectivity index (χ1v) is 7.60. The second kappa shape index (κ2) is 7.40. The third-order valence-corrected chi connectivity index (χ3v) is 3.14. The largest absolute Gasteiger partial charge is 0.472 e. The Balaban J connectivity index is 1.97. The second-order valence-corrected chi connectivity index (χ2v) is 6.37. The number of hydrogen-bond acceptors (Lipinski definition) is 4. The van der Waals surface area contributed by atoms with Crippen LogP contribution in [0.1, 0.15) is 42.3 Å². The number of aliphatic hydroxyl groups is 1. The van der Waals surface area contributed by atoms with Gasteiger partial charge in [-0.3, -0.25) is 4.79 Å². The predicted octanol–water partition coefficient (Wildman–Crippen LogP) is 2.82. The Bertz CT molecular complexity index is 709. The van der Waals surface area contributed by atoms with Crippen molar-refractivity contribution >= 4 is 5.91 Å². The first-order chi connectivity index (χ1) is 11.3. The summed E-state index contributed by atoms with van der Waals surface area (Å²) in [5, 5.41) is 11.8. The van der Waals surface area contributed by atoms with Gasteiger partial charge in [0, 0.05) is 24.4 Å². The quantitative estimate of drug-likeness (QED) is 0.883. The molecule has 1 aromatic carbocycles. The highest BCUT2D eigenvalue weighted by molar-refractivity contribution is 5.93. The minimum absolute atomic E-state index is 0.201. The van der Waals surface area contributed by atoms with Crippen molar-refractivity contribution in [2.24, 2.45) is 0 Å². The molecule has 0 saturated carbocycles. The molecule has 0 radical (unpaired) electrons. The van der Waals surface area contributed by atoms with E-state index in [0.29, 0.717) is 17.0 Å². The van der Waals surface area contributed by atoms with E-state index in [-0.39, 0.29) is 30.2 Å². The first kappa shape index (κ1) is 17.9. The van der Waals surface area contributed by atoms with Crippen LogP contribution in [0.4, 0.5) is 4.39 Å². The molecule has 2 aromatic rings. The molecular formula is C18H21FN2O3.